The van der Waals surface area contributed by atoms with Crippen LogP contribution in [0.15, 0.2) is 18.2 Å². The lowest BCUT2D eigenvalue weighted by Crippen LogP contribution is -2.35. The molecule has 0 spiro atoms. The van der Waals surface area contributed by atoms with Crippen LogP contribution in [0, 0.1) is 0 Å². The van der Waals surface area contributed by atoms with Gasteiger partial charge < -0.3 is 10.5 Å². The first-order valence-corrected chi connectivity index (χ1v) is 6.63. The van der Waals surface area contributed by atoms with E-state index in [0.29, 0.717) is 5.69 Å². The van der Waals surface area contributed by atoms with E-state index in [0.717, 1.165) is 19.1 Å². The van der Waals surface area contributed by atoms with Gasteiger partial charge in [0.1, 0.15) is 0 Å². The molecule has 0 aliphatic rings. The van der Waals surface area contributed by atoms with E-state index >= 15 is 0 Å². The molecule has 0 radical (unpaired) electrons. The Morgan fingerprint density at radius 2 is 2.11 bits per heavy atom. The lowest BCUT2D eigenvalue weighted by Gasteiger charge is -2.10. The lowest BCUT2D eigenvalue weighted by molar-refractivity contribution is 0.177. The molecule has 0 fully saturated rings. The summed E-state index contributed by atoms with van der Waals surface area (Å²) in [6.45, 7) is 1.94. The van der Waals surface area contributed by atoms with Crippen LogP contribution in [0.4, 0.5) is 16.2 Å². The molecule has 1 aromatic rings. The molecule has 7 nitrogen and oxygen atoms in total. The third-order valence-corrected chi connectivity index (χ3v) is 3.12. The average Bonchev–Trinajstić information content (AvgIpc) is 2.27. The number of rotatable bonds is 4. The first kappa shape index (κ1) is 14.1. The van der Waals surface area contributed by atoms with E-state index in [4.69, 9.17) is 5.73 Å². The Hall–Kier alpha value is -1.96. The minimum atomic E-state index is -4.01. The number of benzene rings is 1. The van der Waals surface area contributed by atoms with Crippen molar-refractivity contribution in [2.24, 2.45) is 0 Å². The van der Waals surface area contributed by atoms with E-state index in [1.54, 1.807) is 16.9 Å². The quantitative estimate of drug-likeness (QED) is 0.704. The Morgan fingerprint density at radius 3 is 2.61 bits per heavy atom. The van der Waals surface area contributed by atoms with Crippen LogP contribution in [0.1, 0.15) is 12.5 Å². The summed E-state index contributed by atoms with van der Waals surface area (Å²) in [7, 11) is -2.94. The average molecular weight is 273 g/mol. The van der Waals surface area contributed by atoms with Crippen LogP contribution in [-0.4, -0.2) is 21.6 Å². The topological polar surface area (TPSA) is 111 Å². The Kier molecular flexibility index (Phi) is 4.38. The molecule has 0 unspecified atom stereocenters. The molecule has 4 N–H and O–H groups in total. The van der Waals surface area contributed by atoms with Crippen LogP contribution < -0.4 is 15.2 Å². The monoisotopic (exact) mass is 273 g/mol. The van der Waals surface area contributed by atoms with Gasteiger partial charge in [0.2, 0.25) is 0 Å². The fraction of sp³-hybridized carbons (Fsp3) is 0.300. The maximum atomic E-state index is 11.5. The van der Waals surface area contributed by atoms with Crippen molar-refractivity contribution in [2.75, 3.05) is 17.6 Å². The smallest absolute Gasteiger partial charge is 0.422 e. The van der Waals surface area contributed by atoms with Crippen molar-refractivity contribution in [2.45, 2.75) is 13.3 Å². The Morgan fingerprint density at radius 1 is 1.44 bits per heavy atom. The molecular weight excluding hydrogens is 258 g/mol. The lowest BCUT2D eigenvalue weighted by atomic mass is 10.1. The second-order valence-electron chi connectivity index (χ2n) is 3.47. The van der Waals surface area contributed by atoms with Crippen LogP contribution in [0.5, 0.6) is 0 Å². The Labute approximate surface area is 106 Å². The minimum Gasteiger partial charge on any atom is -0.452 e. The van der Waals surface area contributed by atoms with Gasteiger partial charge in [-0.05, 0) is 24.1 Å². The molecule has 0 aromatic heterocycles. The molecule has 1 amide bonds. The molecule has 0 atom stereocenters. The van der Waals surface area contributed by atoms with E-state index < -0.39 is 16.3 Å². The van der Waals surface area contributed by atoms with Gasteiger partial charge in [-0.2, -0.15) is 8.42 Å². The summed E-state index contributed by atoms with van der Waals surface area (Å²) < 4.78 is 30.9. The third-order valence-electron chi connectivity index (χ3n) is 2.18. The standard InChI is InChI=1S/C10H15N3O4S/c1-3-7-4-5-8(6-9(7)11)12-18(15,16)13-10(14)17-2/h4-6,12H,3,11H2,1-2H3,(H,13,14). The summed E-state index contributed by atoms with van der Waals surface area (Å²) in [5, 5.41) is 0. The van der Waals surface area contributed by atoms with Gasteiger partial charge in [0, 0.05) is 5.69 Å². The highest BCUT2D eigenvalue weighted by Crippen LogP contribution is 2.19. The van der Waals surface area contributed by atoms with Gasteiger partial charge in [-0.15, -0.1) is 0 Å². The van der Waals surface area contributed by atoms with Crippen molar-refractivity contribution < 1.29 is 17.9 Å². The second-order valence-corrected chi connectivity index (χ2v) is 4.88. The van der Waals surface area contributed by atoms with Crippen LogP contribution in [0.2, 0.25) is 0 Å². The SMILES string of the molecule is CCc1ccc(NS(=O)(=O)NC(=O)OC)cc1N. The fourth-order valence-electron chi connectivity index (χ4n) is 1.31. The number of hydrogen-bond donors (Lipinski definition) is 3. The van der Waals surface area contributed by atoms with E-state index in [2.05, 4.69) is 9.46 Å². The molecule has 0 heterocycles. The molecule has 18 heavy (non-hydrogen) atoms. The number of hydrogen-bond acceptors (Lipinski definition) is 5. The van der Waals surface area contributed by atoms with Gasteiger partial charge in [0.15, 0.2) is 0 Å². The van der Waals surface area contributed by atoms with Gasteiger partial charge in [-0.25, -0.2) is 9.52 Å². The molecule has 1 rings (SSSR count). The highest BCUT2D eigenvalue weighted by molar-refractivity contribution is 7.91. The number of methoxy groups -OCH3 is 1. The second kappa shape index (κ2) is 5.58. The van der Waals surface area contributed by atoms with E-state index in [1.165, 1.54) is 6.07 Å². The van der Waals surface area contributed by atoms with Crippen LogP contribution in [-0.2, 0) is 21.4 Å². The summed E-state index contributed by atoms with van der Waals surface area (Å²) >= 11 is 0. The summed E-state index contributed by atoms with van der Waals surface area (Å²) in [6.07, 6.45) is -0.320. The Balaban J connectivity index is 2.84. The first-order chi connectivity index (χ1) is 8.38. The van der Waals surface area contributed by atoms with Crippen molar-refractivity contribution in [1.29, 1.82) is 0 Å². The van der Waals surface area contributed by atoms with E-state index in [9.17, 15) is 13.2 Å². The van der Waals surface area contributed by atoms with Gasteiger partial charge in [-0.1, -0.05) is 13.0 Å². The van der Waals surface area contributed by atoms with Crippen molar-refractivity contribution in [3.8, 4) is 0 Å². The maximum absolute atomic E-state index is 11.5. The van der Waals surface area contributed by atoms with Crippen molar-refractivity contribution in [3.05, 3.63) is 23.8 Å². The minimum absolute atomic E-state index is 0.265. The predicted molar refractivity (Wildman–Crippen MR) is 68.3 cm³/mol. The summed E-state index contributed by atoms with van der Waals surface area (Å²) in [4.78, 5) is 10.8. The normalized spacial score (nSPS) is 10.8. The molecule has 8 heteroatoms. The summed E-state index contributed by atoms with van der Waals surface area (Å²) in [5.74, 6) is 0. The van der Waals surface area contributed by atoms with Gasteiger partial charge >= 0.3 is 16.3 Å². The number of anilines is 2. The van der Waals surface area contributed by atoms with Crippen LogP contribution >= 0.6 is 0 Å². The molecule has 0 saturated carbocycles. The van der Waals surface area contributed by atoms with Gasteiger partial charge in [0.05, 0.1) is 12.8 Å². The number of nitrogens with one attached hydrogen (secondary N) is 2. The fourth-order valence-corrected chi connectivity index (χ4v) is 2.10. The number of ether oxygens (including phenoxy) is 1. The zero-order chi connectivity index (χ0) is 13.8. The number of carbonyl (C=O) groups excluding carboxylic acids is 1. The van der Waals surface area contributed by atoms with E-state index in [1.807, 2.05) is 6.92 Å². The summed E-state index contributed by atoms with van der Waals surface area (Å²) in [6, 6.07) is 4.76. The van der Waals surface area contributed by atoms with Crippen molar-refractivity contribution in [3.63, 3.8) is 0 Å². The molecular formula is C10H15N3O4S. The number of nitrogens with two attached hydrogens (primary N) is 1. The first-order valence-electron chi connectivity index (χ1n) is 5.15. The maximum Gasteiger partial charge on any atom is 0.422 e. The zero-order valence-electron chi connectivity index (χ0n) is 10.1. The van der Waals surface area contributed by atoms with Gasteiger partial charge in [0.25, 0.3) is 0 Å². The third kappa shape index (κ3) is 3.81. The van der Waals surface area contributed by atoms with E-state index in [-0.39, 0.29) is 5.69 Å². The predicted octanol–water partition coefficient (Wildman–Crippen LogP) is 0.844. The molecule has 1 aromatic carbocycles. The molecule has 0 aliphatic heterocycles. The molecule has 0 bridgehead atoms. The molecule has 100 valence electrons. The number of aryl methyl sites for hydroxylation is 1. The van der Waals surface area contributed by atoms with Crippen molar-refractivity contribution >= 4 is 27.7 Å². The molecule has 0 saturated heterocycles. The Bertz CT molecular complexity index is 542. The number of nitrogen functional groups attached to an aromatic ring is 1. The van der Waals surface area contributed by atoms with Gasteiger partial charge in [-0.3, -0.25) is 4.72 Å². The summed E-state index contributed by atoms with van der Waals surface area (Å²) in [5.41, 5.74) is 7.39. The zero-order valence-corrected chi connectivity index (χ0v) is 10.9. The van der Waals surface area contributed by atoms with Crippen LogP contribution in [0.3, 0.4) is 0 Å². The largest absolute Gasteiger partial charge is 0.452 e. The van der Waals surface area contributed by atoms with Crippen molar-refractivity contribution in [1.82, 2.24) is 4.72 Å². The number of carbonyl (C=O) groups is 1. The highest BCUT2D eigenvalue weighted by Gasteiger charge is 2.14. The molecule has 0 aliphatic carbocycles. The number of amides is 1. The highest BCUT2D eigenvalue weighted by atomic mass is 32.2. The van der Waals surface area contributed by atoms with Crippen LogP contribution in [0.25, 0.3) is 0 Å².